The summed E-state index contributed by atoms with van der Waals surface area (Å²) in [6.07, 6.45) is 5.56. The molecule has 17 heavy (non-hydrogen) atoms. The van der Waals surface area contributed by atoms with E-state index in [4.69, 9.17) is 11.6 Å². The Morgan fingerprint density at radius 1 is 1.47 bits per heavy atom. The number of aromatic nitrogens is 2. The molecule has 0 aromatic carbocycles. The molecular formula is C10H18ClN3O2S. The quantitative estimate of drug-likeness (QED) is 0.736. The fourth-order valence-corrected chi connectivity index (χ4v) is 2.76. The van der Waals surface area contributed by atoms with Crippen LogP contribution in [-0.2, 0) is 16.6 Å². The van der Waals surface area contributed by atoms with Crippen LogP contribution in [0.15, 0.2) is 12.4 Å². The van der Waals surface area contributed by atoms with Gasteiger partial charge in [-0.3, -0.25) is 4.68 Å². The fourth-order valence-electron chi connectivity index (χ4n) is 1.34. The van der Waals surface area contributed by atoms with Crippen LogP contribution in [-0.4, -0.2) is 30.5 Å². The number of unbranched alkanes of at least 4 members (excludes halogenated alkanes) is 1. The van der Waals surface area contributed by atoms with Gasteiger partial charge in [0, 0.05) is 19.3 Å². The lowest BCUT2D eigenvalue weighted by atomic mass is 10.4. The molecule has 0 fully saturated rings. The first-order chi connectivity index (χ1) is 8.03. The number of nitrogens with zero attached hydrogens (tertiary/aromatic N) is 2. The van der Waals surface area contributed by atoms with Gasteiger partial charge in [0.15, 0.2) is 0 Å². The summed E-state index contributed by atoms with van der Waals surface area (Å²) in [5.74, 6) is 0.205. The van der Waals surface area contributed by atoms with Gasteiger partial charge < -0.3 is 0 Å². The Balaban J connectivity index is 2.19. The molecule has 0 aliphatic heterocycles. The Morgan fingerprint density at radius 3 is 2.82 bits per heavy atom. The summed E-state index contributed by atoms with van der Waals surface area (Å²) in [5.41, 5.74) is 0. The zero-order valence-corrected chi connectivity index (χ0v) is 11.5. The first kappa shape index (κ1) is 14.5. The Morgan fingerprint density at radius 2 is 2.24 bits per heavy atom. The number of nitrogens with one attached hydrogen (secondary N) is 1. The lowest BCUT2D eigenvalue weighted by molar-refractivity contribution is 0.551. The SMILES string of the molecule is CCCCS(=O)(=O)NCCCn1cc(Cl)cn1. The van der Waals surface area contributed by atoms with Crippen molar-refractivity contribution in [3.63, 3.8) is 0 Å². The van der Waals surface area contributed by atoms with Gasteiger partial charge in [-0.1, -0.05) is 24.9 Å². The van der Waals surface area contributed by atoms with Crippen molar-refractivity contribution in [3.05, 3.63) is 17.4 Å². The highest BCUT2D eigenvalue weighted by molar-refractivity contribution is 7.89. The summed E-state index contributed by atoms with van der Waals surface area (Å²) in [6, 6.07) is 0. The number of halogens is 1. The third-order valence-electron chi connectivity index (χ3n) is 2.25. The number of hydrogen-bond donors (Lipinski definition) is 1. The summed E-state index contributed by atoms with van der Waals surface area (Å²) in [6.45, 7) is 3.06. The van der Waals surface area contributed by atoms with Crippen molar-refractivity contribution in [2.45, 2.75) is 32.7 Å². The molecule has 0 radical (unpaired) electrons. The van der Waals surface area contributed by atoms with Crippen LogP contribution in [0, 0.1) is 0 Å². The van der Waals surface area contributed by atoms with E-state index in [-0.39, 0.29) is 5.75 Å². The lowest BCUT2D eigenvalue weighted by Gasteiger charge is -2.05. The minimum absolute atomic E-state index is 0.205. The van der Waals surface area contributed by atoms with Crippen LogP contribution < -0.4 is 4.72 Å². The normalized spacial score (nSPS) is 11.9. The van der Waals surface area contributed by atoms with Crippen molar-refractivity contribution in [1.82, 2.24) is 14.5 Å². The monoisotopic (exact) mass is 279 g/mol. The molecule has 0 amide bonds. The van der Waals surface area contributed by atoms with Crippen LogP contribution in [0.2, 0.25) is 5.02 Å². The van der Waals surface area contributed by atoms with Gasteiger partial charge in [-0.2, -0.15) is 5.10 Å². The molecule has 98 valence electrons. The van der Waals surface area contributed by atoms with Crippen molar-refractivity contribution in [1.29, 1.82) is 0 Å². The molecule has 1 heterocycles. The third-order valence-corrected chi connectivity index (χ3v) is 3.92. The first-order valence-corrected chi connectivity index (χ1v) is 7.72. The molecule has 0 aliphatic carbocycles. The molecule has 0 unspecified atom stereocenters. The molecule has 0 aliphatic rings. The van der Waals surface area contributed by atoms with E-state index in [9.17, 15) is 8.42 Å². The van der Waals surface area contributed by atoms with E-state index in [0.29, 0.717) is 31.0 Å². The second kappa shape index (κ2) is 6.98. The van der Waals surface area contributed by atoms with E-state index in [1.807, 2.05) is 6.92 Å². The molecule has 1 N–H and O–H groups in total. The number of aryl methyl sites for hydroxylation is 1. The summed E-state index contributed by atoms with van der Waals surface area (Å²) in [7, 11) is -3.10. The highest BCUT2D eigenvalue weighted by Gasteiger charge is 2.07. The van der Waals surface area contributed by atoms with Gasteiger partial charge in [-0.05, 0) is 12.8 Å². The van der Waals surface area contributed by atoms with Crippen molar-refractivity contribution < 1.29 is 8.42 Å². The zero-order valence-electron chi connectivity index (χ0n) is 9.89. The van der Waals surface area contributed by atoms with Crippen LogP contribution in [0.1, 0.15) is 26.2 Å². The topological polar surface area (TPSA) is 64.0 Å². The molecular weight excluding hydrogens is 262 g/mol. The van der Waals surface area contributed by atoms with E-state index in [1.54, 1.807) is 17.1 Å². The van der Waals surface area contributed by atoms with Crippen molar-refractivity contribution in [2.24, 2.45) is 0 Å². The second-order valence-electron chi connectivity index (χ2n) is 3.84. The van der Waals surface area contributed by atoms with Gasteiger partial charge in [0.2, 0.25) is 10.0 Å². The Labute approximate surface area is 107 Å². The smallest absolute Gasteiger partial charge is 0.211 e. The molecule has 0 spiro atoms. The minimum atomic E-state index is -3.10. The van der Waals surface area contributed by atoms with Gasteiger partial charge in [-0.15, -0.1) is 0 Å². The minimum Gasteiger partial charge on any atom is -0.271 e. The first-order valence-electron chi connectivity index (χ1n) is 5.69. The largest absolute Gasteiger partial charge is 0.271 e. The molecule has 0 saturated carbocycles. The molecule has 0 bridgehead atoms. The maximum atomic E-state index is 11.5. The second-order valence-corrected chi connectivity index (χ2v) is 6.20. The van der Waals surface area contributed by atoms with Crippen molar-refractivity contribution in [3.8, 4) is 0 Å². The summed E-state index contributed by atoms with van der Waals surface area (Å²) >= 11 is 5.71. The number of hydrogen-bond acceptors (Lipinski definition) is 3. The predicted octanol–water partition coefficient (Wildman–Crippen LogP) is 1.65. The molecule has 1 rings (SSSR count). The van der Waals surface area contributed by atoms with E-state index in [1.165, 1.54) is 0 Å². The van der Waals surface area contributed by atoms with Crippen LogP contribution in [0.3, 0.4) is 0 Å². The average Bonchev–Trinajstić information content (AvgIpc) is 2.68. The van der Waals surface area contributed by atoms with Crippen LogP contribution in [0.5, 0.6) is 0 Å². The molecule has 0 saturated heterocycles. The molecule has 0 atom stereocenters. The zero-order chi connectivity index (χ0) is 12.7. The maximum Gasteiger partial charge on any atom is 0.211 e. The Bertz CT molecular complexity index is 431. The summed E-state index contributed by atoms with van der Waals surface area (Å²) < 4.78 is 27.2. The number of rotatable bonds is 8. The fraction of sp³-hybridized carbons (Fsp3) is 0.700. The molecule has 7 heteroatoms. The third kappa shape index (κ3) is 6.05. The van der Waals surface area contributed by atoms with E-state index in [0.717, 1.165) is 6.42 Å². The molecule has 1 aromatic rings. The average molecular weight is 280 g/mol. The summed E-state index contributed by atoms with van der Waals surface area (Å²) in [4.78, 5) is 0. The summed E-state index contributed by atoms with van der Waals surface area (Å²) in [5, 5.41) is 4.60. The highest BCUT2D eigenvalue weighted by atomic mass is 35.5. The lowest BCUT2D eigenvalue weighted by Crippen LogP contribution is -2.28. The van der Waals surface area contributed by atoms with E-state index < -0.39 is 10.0 Å². The van der Waals surface area contributed by atoms with Crippen molar-refractivity contribution >= 4 is 21.6 Å². The Kier molecular flexibility index (Phi) is 5.94. The van der Waals surface area contributed by atoms with E-state index >= 15 is 0 Å². The van der Waals surface area contributed by atoms with Gasteiger partial charge in [0.1, 0.15) is 0 Å². The van der Waals surface area contributed by atoms with Gasteiger partial charge >= 0.3 is 0 Å². The van der Waals surface area contributed by atoms with Gasteiger partial charge in [-0.25, -0.2) is 13.1 Å². The van der Waals surface area contributed by atoms with Gasteiger partial charge in [0.25, 0.3) is 0 Å². The van der Waals surface area contributed by atoms with Crippen LogP contribution in [0.25, 0.3) is 0 Å². The predicted molar refractivity (Wildman–Crippen MR) is 68.6 cm³/mol. The maximum absolute atomic E-state index is 11.5. The van der Waals surface area contributed by atoms with Gasteiger partial charge in [0.05, 0.1) is 17.0 Å². The number of sulfonamides is 1. The Hall–Kier alpha value is -0.590. The van der Waals surface area contributed by atoms with E-state index in [2.05, 4.69) is 9.82 Å². The highest BCUT2D eigenvalue weighted by Crippen LogP contribution is 2.04. The van der Waals surface area contributed by atoms with Crippen molar-refractivity contribution in [2.75, 3.05) is 12.3 Å². The van der Waals surface area contributed by atoms with Crippen LogP contribution >= 0.6 is 11.6 Å². The molecule has 1 aromatic heterocycles. The standard InChI is InChI=1S/C10H18ClN3O2S/c1-2-3-7-17(15,16)13-5-4-6-14-9-10(11)8-12-14/h8-9,13H,2-7H2,1H3. The van der Waals surface area contributed by atoms with Crippen LogP contribution in [0.4, 0.5) is 0 Å². The molecule has 5 nitrogen and oxygen atoms in total.